The Bertz CT molecular complexity index is 418. The van der Waals surface area contributed by atoms with Crippen molar-refractivity contribution < 1.29 is 0 Å². The number of halogens is 1. The van der Waals surface area contributed by atoms with E-state index in [9.17, 15) is 0 Å². The fraction of sp³-hybridized carbons (Fsp3) is 0.200. The number of aromatic nitrogens is 3. The Labute approximate surface area is 92.7 Å². The van der Waals surface area contributed by atoms with E-state index >= 15 is 0 Å². The van der Waals surface area contributed by atoms with Crippen LogP contribution in [-0.2, 0) is 13.0 Å². The monoisotopic (exact) mass is 222 g/mol. The second-order valence-corrected chi connectivity index (χ2v) is 3.60. The van der Waals surface area contributed by atoms with Crippen molar-refractivity contribution in [1.82, 2.24) is 14.8 Å². The van der Waals surface area contributed by atoms with E-state index in [1.54, 1.807) is 17.1 Å². The van der Waals surface area contributed by atoms with Crippen LogP contribution in [-0.4, -0.2) is 14.8 Å². The van der Waals surface area contributed by atoms with Crippen LogP contribution >= 0.6 is 11.6 Å². The quantitative estimate of drug-likeness (QED) is 0.861. The Morgan fingerprint density at radius 3 is 2.87 bits per heavy atom. The fourth-order valence-electron chi connectivity index (χ4n) is 1.30. The van der Waals surface area contributed by atoms with E-state index < -0.39 is 0 Å². The molecular formula is C10H11ClN4. The zero-order chi connectivity index (χ0) is 10.7. The average Bonchev–Trinajstić information content (AvgIpc) is 2.57. The lowest BCUT2D eigenvalue weighted by molar-refractivity contribution is 0.611. The summed E-state index contributed by atoms with van der Waals surface area (Å²) in [6.07, 6.45) is 4.32. The fourth-order valence-corrected chi connectivity index (χ4v) is 1.45. The van der Waals surface area contributed by atoms with Crippen molar-refractivity contribution in [2.24, 2.45) is 0 Å². The summed E-state index contributed by atoms with van der Waals surface area (Å²) in [5.41, 5.74) is 6.56. The number of rotatable bonds is 3. The summed E-state index contributed by atoms with van der Waals surface area (Å²) < 4.78 is 1.73. The minimum Gasteiger partial charge on any atom is -0.381 e. The van der Waals surface area contributed by atoms with Gasteiger partial charge in [0, 0.05) is 31.1 Å². The van der Waals surface area contributed by atoms with Gasteiger partial charge in [-0.1, -0.05) is 17.7 Å². The summed E-state index contributed by atoms with van der Waals surface area (Å²) >= 11 is 5.79. The maximum atomic E-state index is 5.79. The van der Waals surface area contributed by atoms with Crippen molar-refractivity contribution in [3.8, 4) is 0 Å². The SMILES string of the molecule is Nc1nn(CCc2ccccn2)cc1Cl. The van der Waals surface area contributed by atoms with Crippen molar-refractivity contribution in [2.45, 2.75) is 13.0 Å². The third kappa shape index (κ3) is 2.47. The molecule has 0 atom stereocenters. The second kappa shape index (κ2) is 4.31. The van der Waals surface area contributed by atoms with Crippen molar-refractivity contribution in [1.29, 1.82) is 0 Å². The number of nitrogens with zero attached hydrogens (tertiary/aromatic N) is 3. The van der Waals surface area contributed by atoms with Crippen molar-refractivity contribution in [3.05, 3.63) is 41.3 Å². The van der Waals surface area contributed by atoms with E-state index in [0.717, 1.165) is 18.7 Å². The molecule has 0 fully saturated rings. The van der Waals surface area contributed by atoms with Crippen molar-refractivity contribution in [3.63, 3.8) is 0 Å². The van der Waals surface area contributed by atoms with Crippen LogP contribution < -0.4 is 5.73 Å². The van der Waals surface area contributed by atoms with Crippen LogP contribution in [0, 0.1) is 0 Å². The molecule has 2 aromatic heterocycles. The van der Waals surface area contributed by atoms with Crippen LogP contribution in [0.2, 0.25) is 5.02 Å². The van der Waals surface area contributed by atoms with Gasteiger partial charge in [-0.25, -0.2) is 0 Å². The number of anilines is 1. The normalized spacial score (nSPS) is 10.5. The predicted octanol–water partition coefficient (Wildman–Crippen LogP) is 1.76. The highest BCUT2D eigenvalue weighted by Crippen LogP contribution is 2.15. The van der Waals surface area contributed by atoms with Crippen molar-refractivity contribution >= 4 is 17.4 Å². The van der Waals surface area contributed by atoms with Gasteiger partial charge in [0.2, 0.25) is 0 Å². The lowest BCUT2D eigenvalue weighted by atomic mass is 10.3. The topological polar surface area (TPSA) is 56.7 Å². The first kappa shape index (κ1) is 9.98. The smallest absolute Gasteiger partial charge is 0.164 e. The van der Waals surface area contributed by atoms with Gasteiger partial charge >= 0.3 is 0 Å². The Hall–Kier alpha value is -1.55. The molecule has 0 saturated carbocycles. The number of hydrogen-bond acceptors (Lipinski definition) is 3. The number of nitrogens with two attached hydrogens (primary N) is 1. The summed E-state index contributed by atoms with van der Waals surface area (Å²) in [6.45, 7) is 0.730. The molecule has 2 rings (SSSR count). The third-order valence-corrected chi connectivity index (χ3v) is 2.36. The van der Waals surface area contributed by atoms with Crippen LogP contribution in [0.5, 0.6) is 0 Å². The molecule has 78 valence electrons. The molecule has 0 saturated heterocycles. The van der Waals surface area contributed by atoms with E-state index in [1.165, 1.54) is 0 Å². The van der Waals surface area contributed by atoms with Gasteiger partial charge in [-0.05, 0) is 12.1 Å². The summed E-state index contributed by atoms with van der Waals surface area (Å²) in [5.74, 6) is 0.373. The largest absolute Gasteiger partial charge is 0.381 e. The first-order valence-corrected chi connectivity index (χ1v) is 5.02. The molecule has 0 aromatic carbocycles. The molecule has 2 heterocycles. The standard InChI is InChI=1S/C10H11ClN4/c11-9-7-15(14-10(9)12)6-4-8-3-1-2-5-13-8/h1-3,5,7H,4,6H2,(H2,12,14). The van der Waals surface area contributed by atoms with Crippen LogP contribution in [0.3, 0.4) is 0 Å². The Kier molecular flexibility index (Phi) is 2.87. The number of pyridine rings is 1. The molecule has 0 spiro atoms. The molecule has 2 aromatic rings. The van der Waals surface area contributed by atoms with E-state index in [1.807, 2.05) is 18.2 Å². The molecular weight excluding hydrogens is 212 g/mol. The van der Waals surface area contributed by atoms with Crippen LogP contribution in [0.1, 0.15) is 5.69 Å². The second-order valence-electron chi connectivity index (χ2n) is 3.20. The molecule has 4 nitrogen and oxygen atoms in total. The minimum atomic E-state index is 0.373. The van der Waals surface area contributed by atoms with E-state index in [0.29, 0.717) is 10.8 Å². The molecule has 0 aliphatic carbocycles. The molecule has 0 aliphatic heterocycles. The number of nitrogen functional groups attached to an aromatic ring is 1. The predicted molar refractivity (Wildman–Crippen MR) is 59.6 cm³/mol. The molecule has 0 bridgehead atoms. The number of aryl methyl sites for hydroxylation is 2. The molecule has 0 radical (unpaired) electrons. The van der Waals surface area contributed by atoms with E-state index in [2.05, 4.69) is 10.1 Å². The third-order valence-electron chi connectivity index (χ3n) is 2.07. The zero-order valence-electron chi connectivity index (χ0n) is 8.10. The van der Waals surface area contributed by atoms with Gasteiger partial charge < -0.3 is 5.73 Å². The molecule has 5 heteroatoms. The Balaban J connectivity index is 1.99. The van der Waals surface area contributed by atoms with Crippen molar-refractivity contribution in [2.75, 3.05) is 5.73 Å². The molecule has 15 heavy (non-hydrogen) atoms. The Morgan fingerprint density at radius 2 is 2.27 bits per heavy atom. The van der Waals surface area contributed by atoms with Crippen LogP contribution in [0.15, 0.2) is 30.6 Å². The summed E-state index contributed by atoms with van der Waals surface area (Å²) in [7, 11) is 0. The summed E-state index contributed by atoms with van der Waals surface area (Å²) in [4.78, 5) is 4.22. The first-order chi connectivity index (χ1) is 7.25. The molecule has 0 aliphatic rings. The summed E-state index contributed by atoms with van der Waals surface area (Å²) in [5, 5.41) is 4.56. The maximum absolute atomic E-state index is 5.79. The van der Waals surface area contributed by atoms with Gasteiger partial charge in [0.15, 0.2) is 5.82 Å². The van der Waals surface area contributed by atoms with Gasteiger partial charge in [0.1, 0.15) is 5.02 Å². The van der Waals surface area contributed by atoms with Crippen LogP contribution in [0.4, 0.5) is 5.82 Å². The molecule has 2 N–H and O–H groups in total. The first-order valence-electron chi connectivity index (χ1n) is 4.64. The lowest BCUT2D eigenvalue weighted by Gasteiger charge is -2.00. The highest BCUT2D eigenvalue weighted by atomic mass is 35.5. The highest BCUT2D eigenvalue weighted by Gasteiger charge is 2.02. The maximum Gasteiger partial charge on any atom is 0.164 e. The Morgan fingerprint density at radius 1 is 1.40 bits per heavy atom. The van der Waals surface area contributed by atoms with Gasteiger partial charge in [-0.15, -0.1) is 0 Å². The van der Waals surface area contributed by atoms with Gasteiger partial charge in [-0.2, -0.15) is 5.10 Å². The van der Waals surface area contributed by atoms with Gasteiger partial charge in [-0.3, -0.25) is 9.67 Å². The zero-order valence-corrected chi connectivity index (χ0v) is 8.85. The van der Waals surface area contributed by atoms with Crippen LogP contribution in [0.25, 0.3) is 0 Å². The highest BCUT2D eigenvalue weighted by molar-refractivity contribution is 6.32. The minimum absolute atomic E-state index is 0.373. The lowest BCUT2D eigenvalue weighted by Crippen LogP contribution is -2.03. The van der Waals surface area contributed by atoms with E-state index in [-0.39, 0.29) is 0 Å². The van der Waals surface area contributed by atoms with Gasteiger partial charge in [0.05, 0.1) is 0 Å². The average molecular weight is 223 g/mol. The van der Waals surface area contributed by atoms with E-state index in [4.69, 9.17) is 17.3 Å². The number of hydrogen-bond donors (Lipinski definition) is 1. The van der Waals surface area contributed by atoms with Gasteiger partial charge in [0.25, 0.3) is 0 Å². The molecule has 0 amide bonds. The summed E-state index contributed by atoms with van der Waals surface area (Å²) in [6, 6.07) is 5.84. The molecule has 0 unspecified atom stereocenters.